The van der Waals surface area contributed by atoms with Crippen LogP contribution >= 0.6 is 0 Å². The summed E-state index contributed by atoms with van der Waals surface area (Å²) in [4.78, 5) is 47.5. The van der Waals surface area contributed by atoms with Crippen LogP contribution in [0.4, 0.5) is 8.78 Å². The van der Waals surface area contributed by atoms with Gasteiger partial charge in [-0.15, -0.1) is 0 Å². The number of rotatable bonds is 15. The summed E-state index contributed by atoms with van der Waals surface area (Å²) in [7, 11) is 0. The molecule has 4 rings (SSSR count). The Morgan fingerprint density at radius 3 is 2.06 bits per heavy atom. The maximum absolute atomic E-state index is 15.0. The van der Waals surface area contributed by atoms with Gasteiger partial charge in [0, 0.05) is 34.9 Å². The lowest BCUT2D eigenvalue weighted by molar-refractivity contribution is -0.144. The van der Waals surface area contributed by atoms with Crippen LogP contribution in [0, 0.1) is 17.7 Å². The largest absolute Gasteiger partial charge is 0.457 e. The molecule has 0 N–H and O–H groups in total. The SMILES string of the molecule is C=CC(=O)OCOc1ccc(-c2c(CCCF)cc(C#Cc3ccc(C(=O)O/C=C/c4ccc(OC(=O)C=C)cc4)c(F)c3)cc2OC(=O)C=C)cc1. The number of halogens is 2. The number of hydrogen-bond acceptors (Lipinski definition) is 9. The van der Waals surface area contributed by atoms with Crippen LogP contribution in [0.5, 0.6) is 17.2 Å². The van der Waals surface area contributed by atoms with Crippen molar-refractivity contribution in [3.8, 4) is 40.2 Å². The average molecular weight is 719 g/mol. The first-order valence-corrected chi connectivity index (χ1v) is 15.9. The minimum absolute atomic E-state index is 0.133. The molecule has 0 amide bonds. The Balaban J connectivity index is 1.54. The molecule has 0 radical (unpaired) electrons. The van der Waals surface area contributed by atoms with E-state index in [1.54, 1.807) is 54.6 Å². The molecule has 0 aliphatic carbocycles. The third kappa shape index (κ3) is 11.5. The Hall–Kier alpha value is -7.06. The molecule has 0 unspecified atom stereocenters. The Morgan fingerprint density at radius 2 is 1.40 bits per heavy atom. The van der Waals surface area contributed by atoms with Gasteiger partial charge < -0.3 is 23.7 Å². The minimum Gasteiger partial charge on any atom is -0.457 e. The lowest BCUT2D eigenvalue weighted by Crippen LogP contribution is -2.08. The van der Waals surface area contributed by atoms with Gasteiger partial charge in [0.1, 0.15) is 23.1 Å². The number of hydrogen-bond donors (Lipinski definition) is 0. The topological polar surface area (TPSA) is 114 Å². The smallest absolute Gasteiger partial charge is 0.345 e. The molecule has 0 aliphatic rings. The molecular formula is C42H32F2O9. The Labute approximate surface area is 304 Å². The second-order valence-corrected chi connectivity index (χ2v) is 10.7. The lowest BCUT2D eigenvalue weighted by Gasteiger charge is -2.16. The highest BCUT2D eigenvalue weighted by Crippen LogP contribution is 2.37. The molecule has 0 saturated heterocycles. The third-order valence-corrected chi connectivity index (χ3v) is 7.12. The zero-order valence-corrected chi connectivity index (χ0v) is 28.3. The van der Waals surface area contributed by atoms with Crippen LogP contribution in [-0.2, 0) is 30.3 Å². The van der Waals surface area contributed by atoms with Gasteiger partial charge in [0.2, 0.25) is 6.79 Å². The molecule has 9 nitrogen and oxygen atoms in total. The van der Waals surface area contributed by atoms with Crippen LogP contribution < -0.4 is 14.2 Å². The van der Waals surface area contributed by atoms with Crippen molar-refractivity contribution in [2.75, 3.05) is 13.5 Å². The maximum Gasteiger partial charge on any atom is 0.345 e. The predicted octanol–water partition coefficient (Wildman–Crippen LogP) is 7.87. The van der Waals surface area contributed by atoms with E-state index in [1.165, 1.54) is 24.3 Å². The van der Waals surface area contributed by atoms with E-state index in [2.05, 4.69) is 31.6 Å². The number of aryl methyl sites for hydroxylation is 1. The Bertz CT molecular complexity index is 2110. The second kappa shape index (κ2) is 19.4. The highest BCUT2D eigenvalue weighted by atomic mass is 19.1. The van der Waals surface area contributed by atoms with Crippen molar-refractivity contribution >= 4 is 30.0 Å². The molecule has 4 aromatic rings. The first-order chi connectivity index (χ1) is 25.6. The molecule has 0 fully saturated rings. The molecule has 0 heterocycles. The van der Waals surface area contributed by atoms with Gasteiger partial charge in [0.25, 0.3) is 0 Å². The van der Waals surface area contributed by atoms with E-state index in [-0.39, 0.29) is 36.5 Å². The molecule has 268 valence electrons. The summed E-state index contributed by atoms with van der Waals surface area (Å²) >= 11 is 0. The molecule has 0 saturated carbocycles. The first kappa shape index (κ1) is 38.7. The van der Waals surface area contributed by atoms with Crippen molar-refractivity contribution in [1.29, 1.82) is 0 Å². The quantitative estimate of drug-likeness (QED) is 0.0303. The summed E-state index contributed by atoms with van der Waals surface area (Å²) in [6, 6.07) is 20.0. The molecule has 0 atom stereocenters. The molecular weight excluding hydrogens is 686 g/mol. The van der Waals surface area contributed by atoms with Crippen molar-refractivity contribution in [1.82, 2.24) is 0 Å². The Kier molecular flexibility index (Phi) is 14.2. The first-order valence-electron chi connectivity index (χ1n) is 15.9. The van der Waals surface area contributed by atoms with Crippen LogP contribution in [0.15, 0.2) is 123 Å². The lowest BCUT2D eigenvalue weighted by atomic mass is 9.93. The number of benzene rings is 4. The summed E-state index contributed by atoms with van der Waals surface area (Å²) < 4.78 is 54.3. The van der Waals surface area contributed by atoms with E-state index < -0.39 is 36.4 Å². The van der Waals surface area contributed by atoms with Gasteiger partial charge >= 0.3 is 23.9 Å². The minimum atomic E-state index is -0.938. The van der Waals surface area contributed by atoms with Crippen LogP contribution in [0.1, 0.15) is 39.0 Å². The van der Waals surface area contributed by atoms with E-state index in [4.69, 9.17) is 23.7 Å². The van der Waals surface area contributed by atoms with Crippen molar-refractivity contribution in [2.24, 2.45) is 0 Å². The van der Waals surface area contributed by atoms with E-state index in [0.29, 0.717) is 39.3 Å². The van der Waals surface area contributed by atoms with Crippen molar-refractivity contribution in [2.45, 2.75) is 12.8 Å². The molecule has 4 aromatic carbocycles. The number of esters is 4. The van der Waals surface area contributed by atoms with Gasteiger partial charge in [-0.25, -0.2) is 23.6 Å². The fourth-order valence-electron chi connectivity index (χ4n) is 4.64. The monoisotopic (exact) mass is 718 g/mol. The number of alkyl halides is 1. The van der Waals surface area contributed by atoms with Gasteiger partial charge in [-0.05, 0) is 90.2 Å². The van der Waals surface area contributed by atoms with Gasteiger partial charge in [-0.2, -0.15) is 0 Å². The summed E-state index contributed by atoms with van der Waals surface area (Å²) in [5, 5.41) is 0. The van der Waals surface area contributed by atoms with E-state index in [1.807, 2.05) is 0 Å². The van der Waals surface area contributed by atoms with Gasteiger partial charge in [-0.3, -0.25) is 4.39 Å². The molecule has 0 aliphatic heterocycles. The van der Waals surface area contributed by atoms with E-state index in [9.17, 15) is 23.6 Å². The highest BCUT2D eigenvalue weighted by Gasteiger charge is 2.17. The molecule has 0 spiro atoms. The Morgan fingerprint density at radius 1 is 0.736 bits per heavy atom. The van der Waals surface area contributed by atoms with Gasteiger partial charge in [0.05, 0.1) is 18.5 Å². The van der Waals surface area contributed by atoms with Crippen LogP contribution in [0.25, 0.3) is 17.2 Å². The molecule has 0 bridgehead atoms. The standard InChI is InChI=1S/C42H32F2O9/c1-4-38(45)51-27-50-33-18-14-31(15-19-33)41-32(8-7-22-43)24-30(26-37(41)53-40(47)6-3)10-9-29-13-20-35(36(44)25-29)42(48)49-23-21-28-11-16-34(17-12-28)52-39(46)5-2/h4-6,11-21,23-26H,1-3,7-8,22,27H2/b23-21+. The summed E-state index contributed by atoms with van der Waals surface area (Å²) in [6.45, 7) is 9.18. The van der Waals surface area contributed by atoms with Crippen molar-refractivity contribution < 1.29 is 51.6 Å². The van der Waals surface area contributed by atoms with E-state index in [0.717, 1.165) is 30.6 Å². The second-order valence-electron chi connectivity index (χ2n) is 10.7. The summed E-state index contributed by atoms with van der Waals surface area (Å²) in [5.74, 6) is 2.82. The van der Waals surface area contributed by atoms with Crippen molar-refractivity contribution in [3.63, 3.8) is 0 Å². The average Bonchev–Trinajstić information content (AvgIpc) is 3.17. The number of ether oxygens (including phenoxy) is 5. The fraction of sp³-hybridized carbons (Fsp3) is 0.0952. The molecule has 53 heavy (non-hydrogen) atoms. The van der Waals surface area contributed by atoms with Crippen LogP contribution in [0.3, 0.4) is 0 Å². The van der Waals surface area contributed by atoms with E-state index >= 15 is 4.39 Å². The maximum atomic E-state index is 15.0. The number of carbonyl (C=O) groups excluding carboxylic acids is 4. The molecule has 0 aromatic heterocycles. The third-order valence-electron chi connectivity index (χ3n) is 7.12. The summed E-state index contributed by atoms with van der Waals surface area (Å²) in [5.41, 5.74) is 2.68. The van der Waals surface area contributed by atoms with Crippen molar-refractivity contribution in [3.05, 3.63) is 157 Å². The predicted molar refractivity (Wildman–Crippen MR) is 193 cm³/mol. The zero-order valence-electron chi connectivity index (χ0n) is 28.3. The van der Waals surface area contributed by atoms with Crippen LogP contribution in [-0.4, -0.2) is 37.3 Å². The van der Waals surface area contributed by atoms with Crippen LogP contribution in [0.2, 0.25) is 0 Å². The zero-order chi connectivity index (χ0) is 38.2. The fourth-order valence-corrected chi connectivity index (χ4v) is 4.64. The van der Waals surface area contributed by atoms with Gasteiger partial charge in [0.15, 0.2) is 0 Å². The normalized spacial score (nSPS) is 10.3. The highest BCUT2D eigenvalue weighted by molar-refractivity contribution is 5.90. The molecule has 11 heteroatoms. The number of carbonyl (C=O) groups is 4. The van der Waals surface area contributed by atoms with Gasteiger partial charge in [-0.1, -0.05) is 55.8 Å². The summed E-state index contributed by atoms with van der Waals surface area (Å²) in [6.07, 6.45) is 6.06.